The maximum absolute atomic E-state index is 13.3. The van der Waals surface area contributed by atoms with E-state index < -0.39 is 6.10 Å². The third-order valence-corrected chi connectivity index (χ3v) is 3.97. The summed E-state index contributed by atoms with van der Waals surface area (Å²) in [5.74, 6) is -0.255. The summed E-state index contributed by atoms with van der Waals surface area (Å²) in [4.78, 5) is 0. The van der Waals surface area contributed by atoms with E-state index in [1.54, 1.807) is 6.07 Å². The first-order chi connectivity index (χ1) is 9.38. The van der Waals surface area contributed by atoms with E-state index in [1.807, 2.05) is 26.8 Å². The molecule has 2 aromatic rings. The zero-order valence-corrected chi connectivity index (χ0v) is 12.5. The summed E-state index contributed by atoms with van der Waals surface area (Å²) in [5, 5.41) is 10.5. The van der Waals surface area contributed by atoms with Crippen molar-refractivity contribution in [2.24, 2.45) is 0 Å². The Balaban J connectivity index is 2.30. The Morgan fingerprint density at radius 3 is 2.25 bits per heavy atom. The van der Waals surface area contributed by atoms with Crippen LogP contribution in [0.4, 0.5) is 4.39 Å². The second-order valence-electron chi connectivity index (χ2n) is 5.58. The van der Waals surface area contributed by atoms with Crippen LogP contribution in [0, 0.1) is 33.5 Å². The van der Waals surface area contributed by atoms with Gasteiger partial charge in [0.05, 0.1) is 6.10 Å². The van der Waals surface area contributed by atoms with Gasteiger partial charge in [-0.25, -0.2) is 4.39 Å². The van der Waals surface area contributed by atoms with Crippen molar-refractivity contribution in [1.82, 2.24) is 0 Å². The highest BCUT2D eigenvalue weighted by Crippen LogP contribution is 2.26. The minimum absolute atomic E-state index is 0.255. The molecule has 0 radical (unpaired) electrons. The lowest BCUT2D eigenvalue weighted by Gasteiger charge is -2.17. The molecular weight excluding hydrogens is 251 g/mol. The lowest BCUT2D eigenvalue weighted by atomic mass is 9.92. The highest BCUT2D eigenvalue weighted by Gasteiger charge is 2.14. The molecule has 2 heteroatoms. The van der Waals surface area contributed by atoms with Gasteiger partial charge in [-0.3, -0.25) is 0 Å². The van der Waals surface area contributed by atoms with Crippen LogP contribution < -0.4 is 0 Å². The van der Waals surface area contributed by atoms with Gasteiger partial charge in [0.25, 0.3) is 0 Å². The van der Waals surface area contributed by atoms with E-state index in [0.29, 0.717) is 6.42 Å². The van der Waals surface area contributed by atoms with E-state index in [0.717, 1.165) is 22.3 Å². The second kappa shape index (κ2) is 5.76. The average Bonchev–Trinajstić information content (AvgIpc) is 2.38. The maximum Gasteiger partial charge on any atom is 0.123 e. The summed E-state index contributed by atoms with van der Waals surface area (Å²) < 4.78 is 13.3. The van der Waals surface area contributed by atoms with Crippen LogP contribution in [-0.4, -0.2) is 5.11 Å². The van der Waals surface area contributed by atoms with Gasteiger partial charge in [0.1, 0.15) is 5.82 Å². The fraction of sp³-hybridized carbons (Fsp3) is 0.333. The van der Waals surface area contributed by atoms with Crippen molar-refractivity contribution < 1.29 is 9.50 Å². The van der Waals surface area contributed by atoms with Gasteiger partial charge in [-0.1, -0.05) is 18.2 Å². The Hall–Kier alpha value is -1.67. The van der Waals surface area contributed by atoms with Crippen molar-refractivity contribution in [3.63, 3.8) is 0 Å². The van der Waals surface area contributed by atoms with Gasteiger partial charge in [-0.15, -0.1) is 0 Å². The quantitative estimate of drug-likeness (QED) is 0.881. The molecule has 0 amide bonds. The van der Waals surface area contributed by atoms with E-state index in [9.17, 15) is 9.50 Å². The van der Waals surface area contributed by atoms with Crippen molar-refractivity contribution in [2.75, 3.05) is 0 Å². The SMILES string of the molecule is Cc1cc(C)c(C(O)Cc2cc(F)ccc2C)cc1C. The minimum atomic E-state index is -0.602. The number of hydrogen-bond acceptors (Lipinski definition) is 1. The molecule has 0 heterocycles. The number of benzene rings is 2. The van der Waals surface area contributed by atoms with E-state index in [2.05, 4.69) is 13.0 Å². The van der Waals surface area contributed by atoms with Crippen LogP contribution in [0.15, 0.2) is 30.3 Å². The zero-order chi connectivity index (χ0) is 14.9. The molecule has 0 bridgehead atoms. The third-order valence-electron chi connectivity index (χ3n) is 3.97. The van der Waals surface area contributed by atoms with Gasteiger partial charge >= 0.3 is 0 Å². The van der Waals surface area contributed by atoms with Crippen molar-refractivity contribution in [3.05, 3.63) is 69.5 Å². The molecule has 1 N–H and O–H groups in total. The standard InChI is InChI=1S/C18H21FO/c1-11-5-6-16(19)9-15(11)10-18(20)17-8-13(3)12(2)7-14(17)4/h5-9,18,20H,10H2,1-4H3. The molecule has 0 saturated heterocycles. The number of aliphatic hydroxyl groups excluding tert-OH is 1. The Labute approximate surface area is 120 Å². The molecular formula is C18H21FO. The second-order valence-corrected chi connectivity index (χ2v) is 5.58. The Morgan fingerprint density at radius 1 is 0.900 bits per heavy atom. The predicted molar refractivity (Wildman–Crippen MR) is 80.5 cm³/mol. The summed E-state index contributed by atoms with van der Waals surface area (Å²) in [7, 11) is 0. The fourth-order valence-electron chi connectivity index (χ4n) is 2.52. The van der Waals surface area contributed by atoms with Gasteiger partial charge in [0.2, 0.25) is 0 Å². The monoisotopic (exact) mass is 272 g/mol. The normalized spacial score (nSPS) is 12.5. The van der Waals surface area contributed by atoms with Crippen molar-refractivity contribution in [3.8, 4) is 0 Å². The Kier molecular flexibility index (Phi) is 4.24. The van der Waals surface area contributed by atoms with E-state index in [4.69, 9.17) is 0 Å². The van der Waals surface area contributed by atoms with Gasteiger partial charge in [0, 0.05) is 6.42 Å². The maximum atomic E-state index is 13.3. The highest BCUT2D eigenvalue weighted by atomic mass is 19.1. The summed E-state index contributed by atoms with van der Waals surface area (Å²) in [6.45, 7) is 8.05. The predicted octanol–water partition coefficient (Wildman–Crippen LogP) is 4.34. The first kappa shape index (κ1) is 14.7. The first-order valence-corrected chi connectivity index (χ1v) is 6.89. The van der Waals surface area contributed by atoms with Gasteiger partial charge in [-0.05, 0) is 73.2 Å². The highest BCUT2D eigenvalue weighted by molar-refractivity contribution is 5.39. The number of rotatable bonds is 3. The number of hydrogen-bond donors (Lipinski definition) is 1. The molecule has 0 saturated carbocycles. The topological polar surface area (TPSA) is 20.2 Å². The Morgan fingerprint density at radius 2 is 1.55 bits per heavy atom. The van der Waals surface area contributed by atoms with Crippen LogP contribution in [0.3, 0.4) is 0 Å². The number of halogens is 1. The third kappa shape index (κ3) is 3.07. The lowest BCUT2D eigenvalue weighted by Crippen LogP contribution is -2.06. The van der Waals surface area contributed by atoms with Crippen molar-refractivity contribution in [2.45, 2.75) is 40.2 Å². The van der Waals surface area contributed by atoms with Crippen LogP contribution in [0.2, 0.25) is 0 Å². The molecule has 1 atom stereocenters. The average molecular weight is 272 g/mol. The van der Waals surface area contributed by atoms with Gasteiger partial charge in [0.15, 0.2) is 0 Å². The molecule has 0 aliphatic carbocycles. The van der Waals surface area contributed by atoms with Crippen molar-refractivity contribution in [1.29, 1.82) is 0 Å². The van der Waals surface area contributed by atoms with Crippen LogP contribution in [0.5, 0.6) is 0 Å². The van der Waals surface area contributed by atoms with Gasteiger partial charge in [-0.2, -0.15) is 0 Å². The first-order valence-electron chi connectivity index (χ1n) is 6.89. The Bertz CT molecular complexity index is 632. The van der Waals surface area contributed by atoms with Crippen LogP contribution in [0.1, 0.15) is 39.5 Å². The summed E-state index contributed by atoms with van der Waals surface area (Å²) in [6.07, 6.45) is -0.165. The summed E-state index contributed by atoms with van der Waals surface area (Å²) >= 11 is 0. The van der Waals surface area contributed by atoms with Crippen LogP contribution in [-0.2, 0) is 6.42 Å². The minimum Gasteiger partial charge on any atom is -0.388 e. The van der Waals surface area contributed by atoms with E-state index in [1.165, 1.54) is 23.3 Å². The molecule has 20 heavy (non-hydrogen) atoms. The number of aryl methyl sites for hydroxylation is 4. The molecule has 0 spiro atoms. The zero-order valence-electron chi connectivity index (χ0n) is 12.5. The van der Waals surface area contributed by atoms with E-state index in [-0.39, 0.29) is 5.82 Å². The fourth-order valence-corrected chi connectivity index (χ4v) is 2.52. The van der Waals surface area contributed by atoms with Crippen LogP contribution >= 0.6 is 0 Å². The molecule has 106 valence electrons. The van der Waals surface area contributed by atoms with Gasteiger partial charge < -0.3 is 5.11 Å². The largest absolute Gasteiger partial charge is 0.388 e. The summed E-state index contributed by atoms with van der Waals surface area (Å²) in [5.41, 5.74) is 6.26. The molecule has 2 aromatic carbocycles. The van der Waals surface area contributed by atoms with Crippen molar-refractivity contribution >= 4 is 0 Å². The number of aliphatic hydroxyl groups is 1. The molecule has 1 nitrogen and oxygen atoms in total. The van der Waals surface area contributed by atoms with Crippen LogP contribution in [0.25, 0.3) is 0 Å². The summed E-state index contributed by atoms with van der Waals surface area (Å²) in [6, 6.07) is 8.84. The van der Waals surface area contributed by atoms with E-state index >= 15 is 0 Å². The molecule has 0 aliphatic rings. The molecule has 2 rings (SSSR count). The molecule has 0 aliphatic heterocycles. The molecule has 1 unspecified atom stereocenters. The molecule has 0 aromatic heterocycles. The molecule has 0 fully saturated rings. The lowest BCUT2D eigenvalue weighted by molar-refractivity contribution is 0.177. The smallest absolute Gasteiger partial charge is 0.123 e.